The van der Waals surface area contributed by atoms with E-state index in [1.165, 1.54) is 0 Å². The Morgan fingerprint density at radius 1 is 1.31 bits per heavy atom. The molecule has 1 saturated heterocycles. The summed E-state index contributed by atoms with van der Waals surface area (Å²) in [5.41, 5.74) is -0.0347. The smallest absolute Gasteiger partial charge is 0.256 e. The number of rotatable bonds is 2. The van der Waals surface area contributed by atoms with Crippen LogP contribution in [0.1, 0.15) is 0 Å². The zero-order valence-corrected chi connectivity index (χ0v) is 8.16. The molecule has 0 saturated carbocycles. The van der Waals surface area contributed by atoms with Gasteiger partial charge in [0.15, 0.2) is 0 Å². The number of hydrogen-bond donors (Lipinski definition) is 4. The summed E-state index contributed by atoms with van der Waals surface area (Å²) < 4.78 is 5.11. The van der Waals surface area contributed by atoms with Crippen molar-refractivity contribution in [2.75, 3.05) is 6.61 Å². The molecule has 0 aliphatic carbocycles. The van der Waals surface area contributed by atoms with Crippen LogP contribution in [0, 0.1) is 0 Å². The normalized spacial score (nSPS) is 38.8. The van der Waals surface area contributed by atoms with Gasteiger partial charge in [-0.1, -0.05) is 0 Å². The van der Waals surface area contributed by atoms with E-state index in [9.17, 15) is 19.8 Å². The molecule has 16 heavy (non-hydrogen) atoms. The lowest BCUT2D eigenvalue weighted by Crippen LogP contribution is -2.36. The largest absolute Gasteiger partial charge is 0.394 e. The molecular formula is C9H11NO6. The molecule has 0 radical (unpaired) electrons. The second-order valence-corrected chi connectivity index (χ2v) is 3.68. The van der Waals surface area contributed by atoms with Crippen molar-refractivity contribution in [2.45, 2.75) is 24.4 Å². The summed E-state index contributed by atoms with van der Waals surface area (Å²) in [6, 6.07) is 0. The van der Waals surface area contributed by atoms with Crippen molar-refractivity contribution in [3.8, 4) is 0 Å². The summed E-state index contributed by atoms with van der Waals surface area (Å²) >= 11 is 0. The van der Waals surface area contributed by atoms with Gasteiger partial charge in [-0.2, -0.15) is 0 Å². The molecule has 1 fully saturated rings. The SMILES string of the molecule is O=C1C=C([C@@H]2O[C@@H](CO)[C@H](O)[C@H]2O)C(=O)N1. The van der Waals surface area contributed by atoms with Crippen LogP contribution in [-0.4, -0.2) is 58.2 Å². The fourth-order valence-corrected chi connectivity index (χ4v) is 1.79. The van der Waals surface area contributed by atoms with Gasteiger partial charge in [-0.15, -0.1) is 0 Å². The molecule has 7 heteroatoms. The Labute approximate surface area is 90.3 Å². The number of imide groups is 1. The molecule has 0 aromatic carbocycles. The van der Waals surface area contributed by atoms with Gasteiger partial charge >= 0.3 is 0 Å². The standard InChI is InChI=1S/C9H11NO6/c11-2-4-6(13)7(14)8(16-4)3-1-5(12)10-9(3)15/h1,4,6-8,11,13-14H,2H2,(H,10,12,15)/t4-,6-,7+,8-/m0/s1. The first kappa shape index (κ1) is 11.2. The zero-order chi connectivity index (χ0) is 11.9. The molecule has 4 N–H and O–H groups in total. The maximum atomic E-state index is 11.3. The molecular weight excluding hydrogens is 218 g/mol. The van der Waals surface area contributed by atoms with Crippen molar-refractivity contribution in [1.29, 1.82) is 0 Å². The minimum absolute atomic E-state index is 0.0347. The number of hydrogen-bond acceptors (Lipinski definition) is 6. The van der Waals surface area contributed by atoms with Crippen LogP contribution in [0.5, 0.6) is 0 Å². The first-order valence-corrected chi connectivity index (χ1v) is 4.74. The van der Waals surface area contributed by atoms with Gasteiger partial charge in [0.25, 0.3) is 11.8 Å². The maximum absolute atomic E-state index is 11.3. The Morgan fingerprint density at radius 3 is 2.44 bits per heavy atom. The van der Waals surface area contributed by atoms with Crippen LogP contribution in [-0.2, 0) is 14.3 Å². The molecule has 2 aliphatic heterocycles. The van der Waals surface area contributed by atoms with Crippen LogP contribution in [0.25, 0.3) is 0 Å². The van der Waals surface area contributed by atoms with Crippen LogP contribution in [0.15, 0.2) is 11.6 Å². The quantitative estimate of drug-likeness (QED) is 0.376. The van der Waals surface area contributed by atoms with E-state index in [0.29, 0.717) is 0 Å². The lowest BCUT2D eigenvalue weighted by Gasteiger charge is -2.13. The summed E-state index contributed by atoms with van der Waals surface area (Å²) in [5, 5.41) is 29.9. The third kappa shape index (κ3) is 1.63. The minimum Gasteiger partial charge on any atom is -0.394 e. The van der Waals surface area contributed by atoms with E-state index < -0.39 is 42.8 Å². The average Bonchev–Trinajstić information content (AvgIpc) is 2.70. The van der Waals surface area contributed by atoms with Gasteiger partial charge in [0.05, 0.1) is 12.2 Å². The van der Waals surface area contributed by atoms with Crippen LogP contribution >= 0.6 is 0 Å². The number of aliphatic hydroxyl groups is 3. The molecule has 0 spiro atoms. The molecule has 0 bridgehead atoms. The van der Waals surface area contributed by atoms with E-state index in [2.05, 4.69) is 0 Å². The van der Waals surface area contributed by atoms with Gasteiger partial charge in [0.2, 0.25) is 0 Å². The van der Waals surface area contributed by atoms with Crippen LogP contribution in [0.2, 0.25) is 0 Å². The van der Waals surface area contributed by atoms with Crippen LogP contribution < -0.4 is 5.32 Å². The van der Waals surface area contributed by atoms with E-state index in [0.717, 1.165) is 6.08 Å². The van der Waals surface area contributed by atoms with Crippen LogP contribution in [0.4, 0.5) is 0 Å². The molecule has 0 aromatic rings. The first-order valence-electron chi connectivity index (χ1n) is 4.74. The second-order valence-electron chi connectivity index (χ2n) is 3.68. The van der Waals surface area contributed by atoms with Crippen molar-refractivity contribution in [2.24, 2.45) is 0 Å². The lowest BCUT2D eigenvalue weighted by molar-refractivity contribution is -0.124. The summed E-state index contributed by atoms with van der Waals surface area (Å²) in [6.45, 7) is -0.475. The highest BCUT2D eigenvalue weighted by Gasteiger charge is 2.46. The number of amides is 2. The van der Waals surface area contributed by atoms with Gasteiger partial charge in [-0.05, 0) is 0 Å². The van der Waals surface area contributed by atoms with Gasteiger partial charge in [-0.3, -0.25) is 14.9 Å². The predicted molar refractivity (Wildman–Crippen MR) is 49.0 cm³/mol. The van der Waals surface area contributed by atoms with Crippen molar-refractivity contribution in [3.63, 3.8) is 0 Å². The van der Waals surface area contributed by atoms with Crippen molar-refractivity contribution < 1.29 is 29.6 Å². The first-order chi connectivity index (χ1) is 7.54. The van der Waals surface area contributed by atoms with Gasteiger partial charge in [0, 0.05) is 6.08 Å². The Kier molecular flexibility index (Phi) is 2.76. The maximum Gasteiger partial charge on any atom is 0.256 e. The highest BCUT2D eigenvalue weighted by molar-refractivity contribution is 6.16. The van der Waals surface area contributed by atoms with E-state index >= 15 is 0 Å². The highest BCUT2D eigenvalue weighted by atomic mass is 16.6. The molecule has 4 atom stereocenters. The molecule has 2 heterocycles. The highest BCUT2D eigenvalue weighted by Crippen LogP contribution is 2.27. The summed E-state index contributed by atoms with van der Waals surface area (Å²) in [5.74, 6) is -1.24. The number of carbonyl (C=O) groups excluding carboxylic acids is 2. The molecule has 7 nitrogen and oxygen atoms in total. The topological polar surface area (TPSA) is 116 Å². The lowest BCUT2D eigenvalue weighted by atomic mass is 10.0. The number of aliphatic hydroxyl groups excluding tert-OH is 3. The number of nitrogens with one attached hydrogen (secondary N) is 1. The minimum atomic E-state index is -1.33. The second kappa shape index (κ2) is 3.95. The molecule has 0 aromatic heterocycles. The van der Waals surface area contributed by atoms with Gasteiger partial charge in [-0.25, -0.2) is 0 Å². The summed E-state index contributed by atoms with van der Waals surface area (Å²) in [4.78, 5) is 22.2. The number of carbonyl (C=O) groups is 2. The Bertz CT molecular complexity index is 365. The van der Waals surface area contributed by atoms with Crippen LogP contribution in [0.3, 0.4) is 0 Å². The van der Waals surface area contributed by atoms with E-state index in [4.69, 9.17) is 9.84 Å². The third-order valence-corrected chi connectivity index (χ3v) is 2.63. The molecule has 88 valence electrons. The molecule has 2 amide bonds. The zero-order valence-electron chi connectivity index (χ0n) is 8.16. The summed E-state index contributed by atoms with van der Waals surface area (Å²) in [6.07, 6.45) is -3.63. The fraction of sp³-hybridized carbons (Fsp3) is 0.556. The predicted octanol–water partition coefficient (Wildman–Crippen LogP) is -2.95. The average molecular weight is 229 g/mol. The summed E-state index contributed by atoms with van der Waals surface area (Å²) in [7, 11) is 0. The van der Waals surface area contributed by atoms with Gasteiger partial charge < -0.3 is 20.1 Å². The van der Waals surface area contributed by atoms with Gasteiger partial charge in [0.1, 0.15) is 24.4 Å². The van der Waals surface area contributed by atoms with Crippen molar-refractivity contribution >= 4 is 11.8 Å². The van der Waals surface area contributed by atoms with E-state index in [1.807, 2.05) is 5.32 Å². The number of ether oxygens (including phenoxy) is 1. The third-order valence-electron chi connectivity index (χ3n) is 2.63. The van der Waals surface area contributed by atoms with E-state index in [1.54, 1.807) is 0 Å². The molecule has 2 rings (SSSR count). The molecule has 2 aliphatic rings. The Hall–Kier alpha value is -1.28. The fourth-order valence-electron chi connectivity index (χ4n) is 1.79. The van der Waals surface area contributed by atoms with Crippen molar-refractivity contribution in [1.82, 2.24) is 5.32 Å². The Balaban J connectivity index is 2.20. The van der Waals surface area contributed by atoms with Crippen molar-refractivity contribution in [3.05, 3.63) is 11.6 Å². The van der Waals surface area contributed by atoms with E-state index in [-0.39, 0.29) is 5.57 Å². The molecule has 0 unspecified atom stereocenters. The monoisotopic (exact) mass is 229 g/mol. The Morgan fingerprint density at radius 2 is 2.00 bits per heavy atom.